The van der Waals surface area contributed by atoms with Crippen molar-refractivity contribution in [1.29, 1.82) is 0 Å². The number of rotatable bonds is 14. The first-order chi connectivity index (χ1) is 9.27. The summed E-state index contributed by atoms with van der Waals surface area (Å²) in [6, 6.07) is 0. The van der Waals surface area contributed by atoms with Gasteiger partial charge in [-0.25, -0.2) is 0 Å². The molecule has 0 saturated heterocycles. The Morgan fingerprint density at radius 2 is 1.11 bits per heavy atom. The SMILES string of the molecule is CCC/C=C/CCCCCCCCCCCN(C)C. The van der Waals surface area contributed by atoms with Crippen LogP contribution in [0.15, 0.2) is 12.2 Å². The number of unbranched alkanes of at least 4 members (excludes halogenated alkanes) is 10. The highest BCUT2D eigenvalue weighted by molar-refractivity contribution is 4.80. The molecule has 1 heteroatoms. The summed E-state index contributed by atoms with van der Waals surface area (Å²) in [7, 11) is 4.33. The molecular formula is C18H37N. The molecular weight excluding hydrogens is 230 g/mol. The summed E-state index contributed by atoms with van der Waals surface area (Å²) in [6.45, 7) is 3.50. The van der Waals surface area contributed by atoms with Gasteiger partial charge in [-0.2, -0.15) is 0 Å². The summed E-state index contributed by atoms with van der Waals surface area (Å²) in [6.07, 6.45) is 21.4. The van der Waals surface area contributed by atoms with E-state index in [9.17, 15) is 0 Å². The van der Waals surface area contributed by atoms with Crippen LogP contribution in [0, 0.1) is 0 Å². The Hall–Kier alpha value is -0.300. The number of hydrogen-bond donors (Lipinski definition) is 0. The smallest absolute Gasteiger partial charge is 0.00248 e. The van der Waals surface area contributed by atoms with Crippen LogP contribution >= 0.6 is 0 Å². The molecule has 0 aliphatic rings. The van der Waals surface area contributed by atoms with Gasteiger partial charge in [-0.05, 0) is 46.3 Å². The van der Waals surface area contributed by atoms with Crippen LogP contribution < -0.4 is 0 Å². The molecule has 0 aromatic rings. The summed E-state index contributed by atoms with van der Waals surface area (Å²) < 4.78 is 0. The minimum Gasteiger partial charge on any atom is -0.309 e. The van der Waals surface area contributed by atoms with Crippen LogP contribution in [0.1, 0.15) is 84.0 Å². The van der Waals surface area contributed by atoms with E-state index in [0.29, 0.717) is 0 Å². The highest BCUT2D eigenvalue weighted by atomic mass is 15.0. The predicted octanol–water partition coefficient (Wildman–Crippen LogP) is 5.81. The molecule has 1 nitrogen and oxygen atoms in total. The van der Waals surface area contributed by atoms with E-state index in [1.807, 2.05) is 0 Å². The lowest BCUT2D eigenvalue weighted by Crippen LogP contribution is -2.12. The maximum Gasteiger partial charge on any atom is -0.00248 e. The Kier molecular flexibility index (Phi) is 15.5. The molecule has 0 aromatic carbocycles. The first kappa shape index (κ1) is 18.7. The van der Waals surface area contributed by atoms with E-state index < -0.39 is 0 Å². The van der Waals surface area contributed by atoms with Crippen molar-refractivity contribution in [2.24, 2.45) is 0 Å². The molecule has 0 unspecified atom stereocenters. The number of hydrogen-bond acceptors (Lipinski definition) is 1. The Labute approximate surface area is 122 Å². The van der Waals surface area contributed by atoms with Crippen molar-refractivity contribution in [3.63, 3.8) is 0 Å². The standard InChI is InChI=1S/C18H37N/c1-4-5-6-7-8-9-10-11-12-13-14-15-16-17-18-19(2)3/h6-7H,4-5,8-18H2,1-3H3/b7-6+. The van der Waals surface area contributed by atoms with Gasteiger partial charge in [0.05, 0.1) is 0 Å². The molecule has 0 saturated carbocycles. The summed E-state index contributed by atoms with van der Waals surface area (Å²) in [5.74, 6) is 0. The maximum atomic E-state index is 2.37. The molecule has 0 atom stereocenters. The van der Waals surface area contributed by atoms with Gasteiger partial charge in [-0.1, -0.05) is 70.4 Å². The molecule has 114 valence electrons. The van der Waals surface area contributed by atoms with Crippen molar-refractivity contribution in [3.8, 4) is 0 Å². The molecule has 0 spiro atoms. The highest BCUT2D eigenvalue weighted by Crippen LogP contribution is 2.11. The van der Waals surface area contributed by atoms with Gasteiger partial charge in [0.25, 0.3) is 0 Å². The van der Waals surface area contributed by atoms with E-state index in [1.165, 1.54) is 83.6 Å². The van der Waals surface area contributed by atoms with Gasteiger partial charge < -0.3 is 4.90 Å². The van der Waals surface area contributed by atoms with Crippen LogP contribution in [0.2, 0.25) is 0 Å². The summed E-state index contributed by atoms with van der Waals surface area (Å²) >= 11 is 0. The molecule has 0 bridgehead atoms. The van der Waals surface area contributed by atoms with E-state index in [4.69, 9.17) is 0 Å². The van der Waals surface area contributed by atoms with Gasteiger partial charge in [0.2, 0.25) is 0 Å². The molecule has 0 N–H and O–H groups in total. The van der Waals surface area contributed by atoms with Gasteiger partial charge in [0, 0.05) is 0 Å². The van der Waals surface area contributed by atoms with Gasteiger partial charge in [-0.3, -0.25) is 0 Å². The van der Waals surface area contributed by atoms with Crippen LogP contribution in [-0.2, 0) is 0 Å². The second-order valence-corrected chi connectivity index (χ2v) is 6.03. The van der Waals surface area contributed by atoms with Crippen LogP contribution in [0.3, 0.4) is 0 Å². The third kappa shape index (κ3) is 17.7. The average Bonchev–Trinajstić information content (AvgIpc) is 2.39. The fourth-order valence-corrected chi connectivity index (χ4v) is 2.33. The normalized spacial score (nSPS) is 11.8. The largest absolute Gasteiger partial charge is 0.309 e. The monoisotopic (exact) mass is 267 g/mol. The lowest BCUT2D eigenvalue weighted by molar-refractivity contribution is 0.389. The average molecular weight is 268 g/mol. The third-order valence-electron chi connectivity index (χ3n) is 3.60. The van der Waals surface area contributed by atoms with Crippen LogP contribution in [0.25, 0.3) is 0 Å². The predicted molar refractivity (Wildman–Crippen MR) is 88.8 cm³/mol. The fraction of sp³-hybridized carbons (Fsp3) is 0.889. The van der Waals surface area contributed by atoms with Crippen LogP contribution in [-0.4, -0.2) is 25.5 Å². The van der Waals surface area contributed by atoms with Crippen molar-refractivity contribution < 1.29 is 0 Å². The maximum absolute atomic E-state index is 2.37. The summed E-state index contributed by atoms with van der Waals surface area (Å²) in [5.41, 5.74) is 0. The van der Waals surface area contributed by atoms with Crippen molar-refractivity contribution >= 4 is 0 Å². The van der Waals surface area contributed by atoms with Gasteiger partial charge >= 0.3 is 0 Å². The Bertz CT molecular complexity index is 184. The highest BCUT2D eigenvalue weighted by Gasteiger charge is 1.93. The number of nitrogens with zero attached hydrogens (tertiary/aromatic N) is 1. The summed E-state index contributed by atoms with van der Waals surface area (Å²) in [5, 5.41) is 0. The lowest BCUT2D eigenvalue weighted by atomic mass is 10.1. The van der Waals surface area contributed by atoms with E-state index in [2.05, 4.69) is 38.1 Å². The van der Waals surface area contributed by atoms with E-state index in [-0.39, 0.29) is 0 Å². The van der Waals surface area contributed by atoms with Crippen molar-refractivity contribution in [1.82, 2.24) is 4.90 Å². The zero-order valence-corrected chi connectivity index (χ0v) is 13.8. The Morgan fingerprint density at radius 1 is 0.632 bits per heavy atom. The fourth-order valence-electron chi connectivity index (χ4n) is 2.33. The summed E-state index contributed by atoms with van der Waals surface area (Å²) in [4.78, 5) is 2.29. The van der Waals surface area contributed by atoms with Gasteiger partial charge in [0.15, 0.2) is 0 Å². The minimum absolute atomic E-state index is 1.26. The minimum atomic E-state index is 1.26. The molecule has 0 aromatic heterocycles. The first-order valence-electron chi connectivity index (χ1n) is 8.57. The van der Waals surface area contributed by atoms with Gasteiger partial charge in [-0.15, -0.1) is 0 Å². The van der Waals surface area contributed by atoms with Gasteiger partial charge in [0.1, 0.15) is 0 Å². The van der Waals surface area contributed by atoms with Crippen molar-refractivity contribution in [3.05, 3.63) is 12.2 Å². The number of allylic oxidation sites excluding steroid dienone is 2. The zero-order valence-electron chi connectivity index (χ0n) is 13.8. The molecule has 19 heavy (non-hydrogen) atoms. The second-order valence-electron chi connectivity index (χ2n) is 6.03. The lowest BCUT2D eigenvalue weighted by Gasteiger charge is -2.08. The molecule has 0 radical (unpaired) electrons. The Balaban J connectivity index is 2.99. The molecule has 0 amide bonds. The van der Waals surface area contributed by atoms with Crippen LogP contribution in [0.5, 0.6) is 0 Å². The first-order valence-corrected chi connectivity index (χ1v) is 8.57. The Morgan fingerprint density at radius 3 is 1.63 bits per heavy atom. The second kappa shape index (κ2) is 15.8. The molecule has 0 aliphatic heterocycles. The van der Waals surface area contributed by atoms with E-state index >= 15 is 0 Å². The van der Waals surface area contributed by atoms with Crippen LogP contribution in [0.4, 0.5) is 0 Å². The molecule has 0 rings (SSSR count). The van der Waals surface area contributed by atoms with Crippen molar-refractivity contribution in [2.45, 2.75) is 84.0 Å². The topological polar surface area (TPSA) is 3.24 Å². The third-order valence-corrected chi connectivity index (χ3v) is 3.60. The van der Waals surface area contributed by atoms with Crippen molar-refractivity contribution in [2.75, 3.05) is 20.6 Å². The van der Waals surface area contributed by atoms with E-state index in [1.54, 1.807) is 0 Å². The van der Waals surface area contributed by atoms with E-state index in [0.717, 1.165) is 0 Å². The zero-order chi connectivity index (χ0) is 14.2. The molecule has 0 aliphatic carbocycles. The quantitative estimate of drug-likeness (QED) is 0.284. The molecule has 0 fully saturated rings. The molecule has 0 heterocycles.